The van der Waals surface area contributed by atoms with Crippen molar-refractivity contribution in [1.82, 2.24) is 20.2 Å². The van der Waals surface area contributed by atoms with E-state index in [1.807, 2.05) is 24.3 Å². The first kappa shape index (κ1) is 20.6. The molecule has 4 bridgehead atoms. The molecule has 0 spiro atoms. The van der Waals surface area contributed by atoms with Crippen molar-refractivity contribution in [3.8, 4) is 11.5 Å². The minimum atomic E-state index is -1.67. The van der Waals surface area contributed by atoms with Crippen molar-refractivity contribution in [2.24, 2.45) is 7.05 Å². The monoisotopic (exact) mass is 420 g/mol. The number of nitrogens with zero attached hydrogens (tertiary/aromatic N) is 2. The Morgan fingerprint density at radius 2 is 1.90 bits per heavy atom. The summed E-state index contributed by atoms with van der Waals surface area (Å²) >= 11 is 0. The lowest BCUT2D eigenvalue weighted by Gasteiger charge is -2.29. The van der Waals surface area contributed by atoms with Crippen LogP contribution in [0, 0.1) is 0 Å². The molecule has 1 aliphatic rings. The van der Waals surface area contributed by atoms with Gasteiger partial charge < -0.3 is 25.0 Å². The molecule has 0 radical (unpaired) electrons. The summed E-state index contributed by atoms with van der Waals surface area (Å²) in [6.07, 6.45) is 2.79. The quantitative estimate of drug-likeness (QED) is 0.558. The molecule has 2 atom stereocenters. The molecular weight excluding hydrogens is 396 g/mol. The van der Waals surface area contributed by atoms with E-state index in [2.05, 4.69) is 15.6 Å². The highest BCUT2D eigenvalue weighted by Gasteiger charge is 2.37. The van der Waals surface area contributed by atoms with Crippen molar-refractivity contribution >= 4 is 11.8 Å². The van der Waals surface area contributed by atoms with Gasteiger partial charge in [0, 0.05) is 13.6 Å². The van der Waals surface area contributed by atoms with Crippen molar-refractivity contribution in [2.45, 2.75) is 31.5 Å². The van der Waals surface area contributed by atoms with Crippen molar-refractivity contribution in [1.29, 1.82) is 0 Å². The lowest BCUT2D eigenvalue weighted by molar-refractivity contribution is -0.131. The second-order valence-corrected chi connectivity index (χ2v) is 7.71. The fourth-order valence-electron chi connectivity index (χ4n) is 3.70. The summed E-state index contributed by atoms with van der Waals surface area (Å²) in [5.41, 5.74) is 0.115. The van der Waals surface area contributed by atoms with Crippen LogP contribution in [0.4, 0.5) is 0 Å². The molecule has 0 saturated heterocycles. The molecule has 3 N–H and O–H groups in total. The second-order valence-electron chi connectivity index (χ2n) is 7.71. The highest BCUT2D eigenvalue weighted by Crippen LogP contribution is 2.35. The van der Waals surface area contributed by atoms with E-state index in [4.69, 9.17) is 4.74 Å². The SMILES string of the molecule is CC1NC(=O)CC(O)(c2cncn2C)c2cccc(c2)Oc2cccc(c2)CNC1=O. The maximum absolute atomic E-state index is 12.8. The van der Waals surface area contributed by atoms with Crippen LogP contribution < -0.4 is 15.4 Å². The number of rotatable bonds is 1. The van der Waals surface area contributed by atoms with Crippen LogP contribution in [0.2, 0.25) is 0 Å². The van der Waals surface area contributed by atoms with Gasteiger partial charge in [-0.1, -0.05) is 24.3 Å². The van der Waals surface area contributed by atoms with E-state index in [0.29, 0.717) is 29.3 Å². The maximum atomic E-state index is 12.8. The predicted molar refractivity (Wildman–Crippen MR) is 113 cm³/mol. The van der Waals surface area contributed by atoms with Gasteiger partial charge in [-0.2, -0.15) is 0 Å². The molecule has 3 aromatic rings. The number of benzene rings is 2. The van der Waals surface area contributed by atoms with E-state index < -0.39 is 17.6 Å². The number of hydrogen-bond acceptors (Lipinski definition) is 5. The van der Waals surface area contributed by atoms with Crippen LogP contribution in [0.5, 0.6) is 11.5 Å². The number of aryl methyl sites for hydroxylation is 1. The number of amides is 2. The number of aromatic nitrogens is 2. The van der Waals surface area contributed by atoms with Gasteiger partial charge in [-0.05, 0) is 42.3 Å². The van der Waals surface area contributed by atoms with E-state index in [1.165, 1.54) is 6.20 Å². The Morgan fingerprint density at radius 3 is 2.65 bits per heavy atom. The molecule has 0 saturated carbocycles. The highest BCUT2D eigenvalue weighted by atomic mass is 16.5. The standard InChI is InChI=1S/C23H24N4O4/c1-15-22(29)25-12-16-5-3-7-18(9-16)31-19-8-4-6-17(10-19)23(30,11-21(28)26-15)20-13-24-14-27(20)2/h3-10,13-15,30H,11-12H2,1-2H3,(H,25,29)(H,26,28). The Hall–Kier alpha value is -3.65. The van der Waals surface area contributed by atoms with Gasteiger partial charge in [-0.15, -0.1) is 0 Å². The number of fused-ring (bicyclic) bond motifs is 4. The summed E-state index contributed by atoms with van der Waals surface area (Å²) in [5, 5.41) is 17.2. The van der Waals surface area contributed by atoms with Crippen LogP contribution in [-0.4, -0.2) is 32.5 Å². The molecule has 2 unspecified atom stereocenters. The third-order valence-corrected chi connectivity index (χ3v) is 5.34. The van der Waals surface area contributed by atoms with Crippen LogP contribution in [0.1, 0.15) is 30.2 Å². The molecule has 31 heavy (non-hydrogen) atoms. The van der Waals surface area contributed by atoms with E-state index in [1.54, 1.807) is 49.1 Å². The highest BCUT2D eigenvalue weighted by molar-refractivity contribution is 5.87. The second kappa shape index (κ2) is 8.23. The summed E-state index contributed by atoms with van der Waals surface area (Å²) in [4.78, 5) is 29.4. The number of imidazole rings is 1. The van der Waals surface area contributed by atoms with Gasteiger partial charge in [0.15, 0.2) is 0 Å². The summed E-state index contributed by atoms with van der Waals surface area (Å²) in [6.45, 7) is 1.91. The van der Waals surface area contributed by atoms with Gasteiger partial charge in [0.05, 0.1) is 24.6 Å². The average Bonchev–Trinajstić information content (AvgIpc) is 3.18. The smallest absolute Gasteiger partial charge is 0.242 e. The lowest BCUT2D eigenvalue weighted by atomic mass is 9.86. The molecule has 2 aromatic carbocycles. The van der Waals surface area contributed by atoms with Crippen LogP contribution >= 0.6 is 0 Å². The normalized spacial score (nSPS) is 21.8. The van der Waals surface area contributed by atoms with Gasteiger partial charge in [-0.25, -0.2) is 4.98 Å². The van der Waals surface area contributed by atoms with Crippen LogP contribution in [-0.2, 0) is 28.8 Å². The fraction of sp³-hybridized carbons (Fsp3) is 0.261. The zero-order valence-electron chi connectivity index (χ0n) is 17.3. The molecule has 4 rings (SSSR count). The molecule has 2 amide bonds. The summed E-state index contributed by atoms with van der Waals surface area (Å²) in [5.74, 6) is 0.334. The van der Waals surface area contributed by atoms with Crippen LogP contribution in [0.15, 0.2) is 61.1 Å². The number of carbonyl (C=O) groups is 2. The summed E-state index contributed by atoms with van der Waals surface area (Å²) in [7, 11) is 1.75. The maximum Gasteiger partial charge on any atom is 0.242 e. The van der Waals surface area contributed by atoms with E-state index in [9.17, 15) is 14.7 Å². The molecule has 8 heteroatoms. The van der Waals surface area contributed by atoms with Crippen LogP contribution in [0.25, 0.3) is 0 Å². The van der Waals surface area contributed by atoms with Gasteiger partial charge >= 0.3 is 0 Å². The Kier molecular flexibility index (Phi) is 5.48. The molecule has 1 aromatic heterocycles. The minimum absolute atomic E-state index is 0.290. The number of hydrogen-bond donors (Lipinski definition) is 3. The van der Waals surface area contributed by atoms with E-state index in [-0.39, 0.29) is 12.3 Å². The Balaban J connectivity index is 1.81. The summed E-state index contributed by atoms with van der Waals surface area (Å²) < 4.78 is 7.67. The number of ether oxygens (including phenoxy) is 1. The Bertz CT molecular complexity index is 1130. The zero-order chi connectivity index (χ0) is 22.0. The topological polar surface area (TPSA) is 105 Å². The molecular formula is C23H24N4O4. The molecule has 8 nitrogen and oxygen atoms in total. The molecule has 160 valence electrons. The average molecular weight is 420 g/mol. The summed E-state index contributed by atoms with van der Waals surface area (Å²) in [6, 6.07) is 13.6. The first-order valence-electron chi connectivity index (χ1n) is 9.99. The van der Waals surface area contributed by atoms with E-state index in [0.717, 1.165) is 5.56 Å². The van der Waals surface area contributed by atoms with Crippen molar-refractivity contribution in [3.05, 3.63) is 77.9 Å². The number of nitrogens with one attached hydrogen (secondary N) is 2. The third kappa shape index (κ3) is 4.29. The van der Waals surface area contributed by atoms with Crippen LogP contribution in [0.3, 0.4) is 0 Å². The van der Waals surface area contributed by atoms with Gasteiger partial charge in [0.2, 0.25) is 11.8 Å². The molecule has 2 heterocycles. The molecule has 0 aliphatic carbocycles. The van der Waals surface area contributed by atoms with Gasteiger partial charge in [-0.3, -0.25) is 9.59 Å². The Morgan fingerprint density at radius 1 is 1.16 bits per heavy atom. The van der Waals surface area contributed by atoms with Gasteiger partial charge in [0.1, 0.15) is 23.1 Å². The minimum Gasteiger partial charge on any atom is -0.457 e. The number of aliphatic hydroxyl groups is 1. The molecule has 0 fully saturated rings. The molecule has 1 aliphatic heterocycles. The fourth-order valence-corrected chi connectivity index (χ4v) is 3.70. The first-order valence-corrected chi connectivity index (χ1v) is 9.99. The van der Waals surface area contributed by atoms with Gasteiger partial charge in [0.25, 0.3) is 0 Å². The predicted octanol–water partition coefficient (Wildman–Crippen LogP) is 1.97. The lowest BCUT2D eigenvalue weighted by Crippen LogP contribution is -2.46. The van der Waals surface area contributed by atoms with E-state index >= 15 is 0 Å². The van der Waals surface area contributed by atoms with Crippen molar-refractivity contribution < 1.29 is 19.4 Å². The number of carbonyl (C=O) groups excluding carboxylic acids is 2. The largest absolute Gasteiger partial charge is 0.457 e. The third-order valence-electron chi connectivity index (χ3n) is 5.34. The van der Waals surface area contributed by atoms with Crippen molar-refractivity contribution in [2.75, 3.05) is 0 Å². The van der Waals surface area contributed by atoms with Crippen molar-refractivity contribution in [3.63, 3.8) is 0 Å². The zero-order valence-corrected chi connectivity index (χ0v) is 17.3. The first-order chi connectivity index (χ1) is 14.8. The Labute approximate surface area is 179 Å².